The van der Waals surface area contributed by atoms with E-state index >= 15 is 0 Å². The molecule has 7 heteroatoms. The molecule has 114 valence electrons. The Bertz CT molecular complexity index is 524. The topological polar surface area (TPSA) is 64.6 Å². The molecular weight excluding hydrogens is 284 g/mol. The first kappa shape index (κ1) is 15.4. The van der Waals surface area contributed by atoms with E-state index in [1.807, 2.05) is 0 Å². The van der Waals surface area contributed by atoms with E-state index in [9.17, 15) is 18.4 Å². The molecule has 1 aromatic carbocycles. The van der Waals surface area contributed by atoms with Crippen LogP contribution in [0.1, 0.15) is 19.8 Å². The quantitative estimate of drug-likeness (QED) is 0.864. The number of hydrogen-bond donors (Lipinski definition) is 1. The molecule has 1 amide bonds. The molecule has 1 N–H and O–H groups in total. The maximum atomic E-state index is 13.4. The summed E-state index contributed by atoms with van der Waals surface area (Å²) in [6, 6.07) is 3.21. The molecule has 1 saturated heterocycles. The summed E-state index contributed by atoms with van der Waals surface area (Å²) in [6.07, 6.45) is -0.568. The number of halogens is 2. The van der Waals surface area contributed by atoms with E-state index in [1.54, 1.807) is 0 Å². The Kier molecular flexibility index (Phi) is 4.85. The molecule has 0 bridgehead atoms. The van der Waals surface area contributed by atoms with Crippen LogP contribution in [0.4, 0.5) is 14.5 Å². The van der Waals surface area contributed by atoms with Crippen molar-refractivity contribution in [3.05, 3.63) is 29.8 Å². The number of esters is 1. The summed E-state index contributed by atoms with van der Waals surface area (Å²) in [4.78, 5) is 23.5. The Labute approximate surface area is 120 Å². The van der Waals surface area contributed by atoms with Gasteiger partial charge in [-0.25, -0.2) is 13.6 Å². The van der Waals surface area contributed by atoms with Gasteiger partial charge in [0.1, 0.15) is 17.3 Å². The van der Waals surface area contributed by atoms with E-state index in [0.717, 1.165) is 18.6 Å². The van der Waals surface area contributed by atoms with E-state index in [2.05, 4.69) is 5.32 Å². The van der Waals surface area contributed by atoms with Crippen molar-refractivity contribution in [3.8, 4) is 0 Å². The van der Waals surface area contributed by atoms with E-state index in [4.69, 9.17) is 9.47 Å². The fourth-order valence-electron chi connectivity index (χ4n) is 1.91. The highest BCUT2D eigenvalue weighted by atomic mass is 19.1. The predicted molar refractivity (Wildman–Crippen MR) is 69.5 cm³/mol. The van der Waals surface area contributed by atoms with Gasteiger partial charge in [0.25, 0.3) is 5.91 Å². The first-order valence-corrected chi connectivity index (χ1v) is 6.56. The number of rotatable bonds is 4. The van der Waals surface area contributed by atoms with Crippen molar-refractivity contribution in [2.45, 2.75) is 32.0 Å². The molecular formula is C14H15F2NO4. The molecule has 1 aromatic rings. The Hall–Kier alpha value is -2.02. The molecule has 0 radical (unpaired) electrons. The number of para-hydroxylation sites is 1. The Balaban J connectivity index is 1.94. The van der Waals surface area contributed by atoms with Gasteiger partial charge in [0.15, 0.2) is 12.2 Å². The van der Waals surface area contributed by atoms with Crippen LogP contribution < -0.4 is 5.32 Å². The van der Waals surface area contributed by atoms with Crippen LogP contribution in [0.5, 0.6) is 0 Å². The van der Waals surface area contributed by atoms with Crippen LogP contribution in [0.2, 0.25) is 0 Å². The van der Waals surface area contributed by atoms with E-state index in [0.29, 0.717) is 13.0 Å². The monoisotopic (exact) mass is 299 g/mol. The van der Waals surface area contributed by atoms with E-state index in [-0.39, 0.29) is 0 Å². The highest BCUT2D eigenvalue weighted by molar-refractivity contribution is 5.95. The lowest BCUT2D eigenvalue weighted by Gasteiger charge is -2.16. The summed E-state index contributed by atoms with van der Waals surface area (Å²) < 4.78 is 36.9. The van der Waals surface area contributed by atoms with Crippen LogP contribution in [0.15, 0.2) is 18.2 Å². The van der Waals surface area contributed by atoms with Crippen molar-refractivity contribution < 1.29 is 27.8 Å². The van der Waals surface area contributed by atoms with Gasteiger partial charge in [-0.1, -0.05) is 6.07 Å². The molecule has 1 aliphatic heterocycles. The van der Waals surface area contributed by atoms with Gasteiger partial charge in [-0.05, 0) is 31.9 Å². The van der Waals surface area contributed by atoms with Crippen molar-refractivity contribution >= 4 is 17.6 Å². The number of anilines is 1. The molecule has 2 atom stereocenters. The fourth-order valence-corrected chi connectivity index (χ4v) is 1.91. The Morgan fingerprint density at radius 3 is 2.62 bits per heavy atom. The smallest absolute Gasteiger partial charge is 0.336 e. The van der Waals surface area contributed by atoms with Crippen molar-refractivity contribution in [3.63, 3.8) is 0 Å². The minimum atomic E-state index is -1.18. The zero-order valence-electron chi connectivity index (χ0n) is 11.4. The van der Waals surface area contributed by atoms with E-state index in [1.165, 1.54) is 13.0 Å². The maximum absolute atomic E-state index is 13.4. The average molecular weight is 299 g/mol. The highest BCUT2D eigenvalue weighted by Gasteiger charge is 2.28. The molecule has 0 saturated carbocycles. The van der Waals surface area contributed by atoms with Gasteiger partial charge in [-0.3, -0.25) is 4.79 Å². The van der Waals surface area contributed by atoms with Crippen molar-refractivity contribution in [2.24, 2.45) is 0 Å². The van der Waals surface area contributed by atoms with Crippen LogP contribution in [-0.4, -0.2) is 30.7 Å². The van der Waals surface area contributed by atoms with Crippen molar-refractivity contribution in [2.75, 3.05) is 11.9 Å². The van der Waals surface area contributed by atoms with Crippen LogP contribution in [-0.2, 0) is 19.1 Å². The van der Waals surface area contributed by atoms with Gasteiger partial charge in [0, 0.05) is 6.61 Å². The highest BCUT2D eigenvalue weighted by Crippen LogP contribution is 2.19. The standard InChI is InChI=1S/C14H15F2NO4/c1-8(21-14(19)11-6-3-7-20-11)13(18)17-12-9(15)4-2-5-10(12)16/h2,4-5,8,11H,3,6-7H2,1H3,(H,17,18)/t8-,11+/m1/s1. The second-order valence-corrected chi connectivity index (χ2v) is 4.67. The summed E-state index contributed by atoms with van der Waals surface area (Å²) in [6.45, 7) is 1.79. The molecule has 1 aliphatic rings. The summed E-state index contributed by atoms with van der Waals surface area (Å²) >= 11 is 0. The number of carbonyl (C=O) groups is 2. The third-order valence-electron chi connectivity index (χ3n) is 3.07. The zero-order valence-corrected chi connectivity index (χ0v) is 11.4. The molecule has 21 heavy (non-hydrogen) atoms. The van der Waals surface area contributed by atoms with Crippen molar-refractivity contribution in [1.29, 1.82) is 0 Å². The largest absolute Gasteiger partial charge is 0.451 e. The maximum Gasteiger partial charge on any atom is 0.336 e. The number of ether oxygens (including phenoxy) is 2. The van der Waals surface area contributed by atoms with Gasteiger partial charge in [-0.2, -0.15) is 0 Å². The molecule has 1 fully saturated rings. The normalized spacial score (nSPS) is 19.1. The van der Waals surface area contributed by atoms with Gasteiger partial charge >= 0.3 is 5.97 Å². The average Bonchev–Trinajstić information content (AvgIpc) is 2.97. The fraction of sp³-hybridized carbons (Fsp3) is 0.429. The number of benzene rings is 1. The van der Waals surface area contributed by atoms with Gasteiger partial charge in [0.2, 0.25) is 0 Å². The predicted octanol–water partition coefficient (Wildman–Crippen LogP) is 2.01. The summed E-state index contributed by atoms with van der Waals surface area (Å²) in [5, 5.41) is 2.07. The number of nitrogens with one attached hydrogen (secondary N) is 1. The third kappa shape index (κ3) is 3.75. The summed E-state index contributed by atoms with van der Waals surface area (Å²) in [7, 11) is 0. The minimum absolute atomic E-state index is 0.473. The second kappa shape index (κ2) is 6.62. The second-order valence-electron chi connectivity index (χ2n) is 4.67. The number of amides is 1. The van der Waals surface area contributed by atoms with Crippen LogP contribution >= 0.6 is 0 Å². The van der Waals surface area contributed by atoms with E-state index < -0.39 is 41.4 Å². The molecule has 0 unspecified atom stereocenters. The first-order valence-electron chi connectivity index (χ1n) is 6.56. The lowest BCUT2D eigenvalue weighted by atomic mass is 10.2. The lowest BCUT2D eigenvalue weighted by molar-refractivity contribution is -0.162. The first-order chi connectivity index (χ1) is 9.99. The van der Waals surface area contributed by atoms with Gasteiger partial charge in [0.05, 0.1) is 0 Å². The molecule has 2 rings (SSSR count). The SMILES string of the molecule is C[C@@H](OC(=O)[C@@H]1CCCO1)C(=O)Nc1c(F)cccc1F. The Morgan fingerprint density at radius 1 is 1.38 bits per heavy atom. The van der Waals surface area contributed by atoms with Crippen LogP contribution in [0, 0.1) is 11.6 Å². The van der Waals surface area contributed by atoms with Crippen LogP contribution in [0.25, 0.3) is 0 Å². The summed E-state index contributed by atoms with van der Waals surface area (Å²) in [5.74, 6) is -3.27. The Morgan fingerprint density at radius 2 is 2.05 bits per heavy atom. The van der Waals surface area contributed by atoms with Gasteiger partial charge < -0.3 is 14.8 Å². The minimum Gasteiger partial charge on any atom is -0.451 e. The van der Waals surface area contributed by atoms with Crippen LogP contribution in [0.3, 0.4) is 0 Å². The molecule has 0 aromatic heterocycles. The molecule has 5 nitrogen and oxygen atoms in total. The number of hydrogen-bond acceptors (Lipinski definition) is 4. The van der Waals surface area contributed by atoms with Crippen molar-refractivity contribution in [1.82, 2.24) is 0 Å². The molecule has 0 spiro atoms. The third-order valence-corrected chi connectivity index (χ3v) is 3.07. The lowest BCUT2D eigenvalue weighted by Crippen LogP contribution is -2.34. The number of carbonyl (C=O) groups excluding carboxylic acids is 2. The summed E-state index contributed by atoms with van der Waals surface area (Å²) in [5.41, 5.74) is -0.567. The molecule has 0 aliphatic carbocycles. The molecule has 1 heterocycles. The zero-order chi connectivity index (χ0) is 15.4. The van der Waals surface area contributed by atoms with Gasteiger partial charge in [-0.15, -0.1) is 0 Å².